The van der Waals surface area contributed by atoms with Crippen molar-refractivity contribution >= 4 is 16.8 Å². The Labute approximate surface area is 239 Å². The molecule has 1 aliphatic rings. The number of ether oxygens (including phenoxy) is 1. The number of aliphatic hydroxyl groups is 2. The molecule has 2 heterocycles. The van der Waals surface area contributed by atoms with Crippen LogP contribution in [0, 0.1) is 17.6 Å². The molecule has 11 heteroatoms. The Morgan fingerprint density at radius 1 is 1.14 bits per heavy atom. The molecule has 2 aromatic carbocycles. The number of nitrogens with zero attached hydrogens (tertiary/aromatic N) is 2. The predicted octanol–water partition coefficient (Wildman–Crippen LogP) is 5.47. The molecule has 0 bridgehead atoms. The van der Waals surface area contributed by atoms with Crippen LogP contribution in [-0.4, -0.2) is 45.8 Å². The molecule has 1 saturated carbocycles. The third-order valence-corrected chi connectivity index (χ3v) is 7.38. The highest BCUT2D eigenvalue weighted by Gasteiger charge is 2.47. The molecule has 2 atom stereocenters. The highest BCUT2D eigenvalue weighted by atomic mass is 19.3. The van der Waals surface area contributed by atoms with Gasteiger partial charge in [-0.1, -0.05) is 0 Å². The minimum Gasteiger partial charge on any atom is -0.494 e. The molecule has 1 aliphatic carbocycles. The van der Waals surface area contributed by atoms with Crippen molar-refractivity contribution in [2.24, 2.45) is 5.92 Å². The number of carbonyl (C=O) groups is 1. The lowest BCUT2D eigenvalue weighted by Gasteiger charge is -2.29. The van der Waals surface area contributed by atoms with Crippen molar-refractivity contribution in [3.63, 3.8) is 0 Å². The fourth-order valence-electron chi connectivity index (χ4n) is 5.03. The van der Waals surface area contributed by atoms with Crippen LogP contribution < -0.4 is 10.1 Å². The first-order valence-corrected chi connectivity index (χ1v) is 13.4. The zero-order valence-electron chi connectivity index (χ0n) is 22.9. The summed E-state index contributed by atoms with van der Waals surface area (Å²) >= 11 is 0. The van der Waals surface area contributed by atoms with Gasteiger partial charge < -0.3 is 20.3 Å². The van der Waals surface area contributed by atoms with Crippen molar-refractivity contribution in [3.8, 4) is 17.0 Å². The minimum absolute atomic E-state index is 0.0613. The van der Waals surface area contributed by atoms with Crippen LogP contribution in [0.1, 0.15) is 53.4 Å². The second kappa shape index (κ2) is 11.7. The first-order valence-electron chi connectivity index (χ1n) is 13.4. The molecule has 1 amide bonds. The topological polar surface area (TPSA) is 105 Å². The zero-order valence-corrected chi connectivity index (χ0v) is 22.9. The van der Waals surface area contributed by atoms with Crippen molar-refractivity contribution in [1.29, 1.82) is 0 Å². The summed E-state index contributed by atoms with van der Waals surface area (Å²) in [6, 6.07) is 10.5. The maximum atomic E-state index is 15.5. The molecule has 0 aliphatic heterocycles. The van der Waals surface area contributed by atoms with Gasteiger partial charge >= 0.3 is 0 Å². The summed E-state index contributed by atoms with van der Waals surface area (Å²) in [5.41, 5.74) is -1.22. The van der Waals surface area contributed by atoms with E-state index in [-0.39, 0.29) is 63.7 Å². The number of benzene rings is 2. The van der Waals surface area contributed by atoms with Gasteiger partial charge in [0.25, 0.3) is 12.3 Å². The van der Waals surface area contributed by atoms with E-state index in [1.807, 2.05) is 0 Å². The summed E-state index contributed by atoms with van der Waals surface area (Å²) in [4.78, 5) is 21.8. The van der Waals surface area contributed by atoms with Gasteiger partial charge in [0.2, 0.25) is 0 Å². The molecule has 0 saturated heterocycles. The van der Waals surface area contributed by atoms with Gasteiger partial charge in [0.15, 0.2) is 5.82 Å². The summed E-state index contributed by atoms with van der Waals surface area (Å²) in [7, 11) is 1.37. The SMILES string of the molecule is COc1cc(C(=O)NCC(O)(c2cc(CC(C)O)c(F)c(-c3ccc(F)cc3)n2)C2CC2)cc2cc(C(F)F)cnc12. The smallest absolute Gasteiger partial charge is 0.265 e. The number of aromatic nitrogens is 2. The van der Waals surface area contributed by atoms with E-state index in [1.54, 1.807) is 0 Å². The highest BCUT2D eigenvalue weighted by molar-refractivity contribution is 6.00. The second-order valence-corrected chi connectivity index (χ2v) is 10.6. The van der Waals surface area contributed by atoms with E-state index in [1.165, 1.54) is 62.6 Å². The molecule has 2 aromatic heterocycles. The van der Waals surface area contributed by atoms with Crippen LogP contribution >= 0.6 is 0 Å². The maximum Gasteiger partial charge on any atom is 0.265 e. The summed E-state index contributed by atoms with van der Waals surface area (Å²) in [6.07, 6.45) is -1.39. The van der Waals surface area contributed by atoms with E-state index < -0.39 is 35.7 Å². The number of pyridine rings is 2. The van der Waals surface area contributed by atoms with Gasteiger partial charge in [-0.2, -0.15) is 0 Å². The molecular formula is C31H29F4N3O4. The average Bonchev–Trinajstić information content (AvgIpc) is 3.82. The number of fused-ring (bicyclic) bond motifs is 1. The number of hydrogen-bond donors (Lipinski definition) is 3. The Hall–Kier alpha value is -4.09. The quantitative estimate of drug-likeness (QED) is 0.214. The number of hydrogen-bond acceptors (Lipinski definition) is 6. The predicted molar refractivity (Wildman–Crippen MR) is 147 cm³/mol. The molecule has 7 nitrogen and oxygen atoms in total. The summed E-state index contributed by atoms with van der Waals surface area (Å²) < 4.78 is 61.0. The number of halogens is 4. The molecule has 2 unspecified atom stereocenters. The third kappa shape index (κ3) is 5.93. The normalized spacial score (nSPS) is 15.5. The van der Waals surface area contributed by atoms with Gasteiger partial charge in [0.05, 0.1) is 25.5 Å². The van der Waals surface area contributed by atoms with Gasteiger partial charge in [-0.15, -0.1) is 0 Å². The Morgan fingerprint density at radius 2 is 1.86 bits per heavy atom. The number of methoxy groups -OCH3 is 1. The number of alkyl halides is 2. The summed E-state index contributed by atoms with van der Waals surface area (Å²) in [5.74, 6) is -1.90. The second-order valence-electron chi connectivity index (χ2n) is 10.6. The number of nitrogens with one attached hydrogen (secondary N) is 1. The van der Waals surface area contributed by atoms with Crippen LogP contribution in [0.4, 0.5) is 17.6 Å². The molecule has 220 valence electrons. The minimum atomic E-state index is -2.75. The van der Waals surface area contributed by atoms with Crippen molar-refractivity contribution in [1.82, 2.24) is 15.3 Å². The van der Waals surface area contributed by atoms with Crippen LogP contribution in [0.2, 0.25) is 0 Å². The lowest BCUT2D eigenvalue weighted by atomic mass is 9.90. The van der Waals surface area contributed by atoms with Crippen LogP contribution in [0.5, 0.6) is 5.75 Å². The fraction of sp³-hybridized carbons (Fsp3) is 0.323. The first kappa shape index (κ1) is 29.4. The Bertz CT molecular complexity index is 1630. The van der Waals surface area contributed by atoms with E-state index in [4.69, 9.17) is 4.74 Å². The molecule has 0 spiro atoms. The largest absolute Gasteiger partial charge is 0.494 e. The van der Waals surface area contributed by atoms with Gasteiger partial charge in [0.1, 0.15) is 28.4 Å². The molecule has 3 N–H and O–H groups in total. The van der Waals surface area contributed by atoms with E-state index in [0.29, 0.717) is 18.4 Å². The molecule has 42 heavy (non-hydrogen) atoms. The first-order chi connectivity index (χ1) is 20.0. The average molecular weight is 584 g/mol. The zero-order chi connectivity index (χ0) is 30.2. The molecule has 1 fully saturated rings. The van der Waals surface area contributed by atoms with E-state index in [9.17, 15) is 28.2 Å². The monoisotopic (exact) mass is 583 g/mol. The number of amides is 1. The van der Waals surface area contributed by atoms with E-state index in [0.717, 1.165) is 6.20 Å². The lowest BCUT2D eigenvalue weighted by molar-refractivity contribution is 0.00936. The van der Waals surface area contributed by atoms with Crippen molar-refractivity contribution < 1.29 is 37.3 Å². The molecule has 4 aromatic rings. The Morgan fingerprint density at radius 3 is 2.48 bits per heavy atom. The van der Waals surface area contributed by atoms with Crippen LogP contribution in [0.15, 0.2) is 54.7 Å². The molecular weight excluding hydrogens is 554 g/mol. The lowest BCUT2D eigenvalue weighted by Crippen LogP contribution is -2.43. The Balaban J connectivity index is 1.50. The highest BCUT2D eigenvalue weighted by Crippen LogP contribution is 2.46. The van der Waals surface area contributed by atoms with Gasteiger partial charge in [-0.3, -0.25) is 9.78 Å². The number of carbonyl (C=O) groups excluding carboxylic acids is 1. The number of aliphatic hydroxyl groups excluding tert-OH is 1. The summed E-state index contributed by atoms with van der Waals surface area (Å²) in [5, 5.41) is 24.9. The molecule has 5 rings (SSSR count). The van der Waals surface area contributed by atoms with Gasteiger partial charge in [0, 0.05) is 34.7 Å². The van der Waals surface area contributed by atoms with E-state index >= 15 is 4.39 Å². The third-order valence-electron chi connectivity index (χ3n) is 7.38. The van der Waals surface area contributed by atoms with Gasteiger partial charge in [-0.25, -0.2) is 22.5 Å². The maximum absolute atomic E-state index is 15.5. The van der Waals surface area contributed by atoms with Gasteiger partial charge in [-0.05, 0) is 79.8 Å². The van der Waals surface area contributed by atoms with Crippen molar-refractivity contribution in [3.05, 3.63) is 88.7 Å². The Kier molecular flexibility index (Phi) is 8.16. The summed E-state index contributed by atoms with van der Waals surface area (Å²) in [6.45, 7) is 1.21. The van der Waals surface area contributed by atoms with Crippen LogP contribution in [-0.2, 0) is 12.0 Å². The van der Waals surface area contributed by atoms with Crippen molar-refractivity contribution in [2.75, 3.05) is 13.7 Å². The van der Waals surface area contributed by atoms with E-state index in [2.05, 4.69) is 15.3 Å². The number of rotatable bonds is 10. The molecule has 0 radical (unpaired) electrons. The van der Waals surface area contributed by atoms with Crippen molar-refractivity contribution in [2.45, 2.75) is 44.3 Å². The standard InChI is InChI=1S/C31H29F4N3O4/c1-16(39)9-18-13-25(38-28(26(18)33)17-3-7-23(32)8-4-17)31(41,22-5-6-22)15-37-30(40)20-10-19-11-21(29(34)35)14-36-27(19)24(12-20)42-2/h3-4,7-8,10-14,16,22,29,39,41H,5-6,9,15H2,1-2H3,(H,37,40). The van der Waals surface area contributed by atoms with Crippen LogP contribution in [0.3, 0.4) is 0 Å². The fourth-order valence-corrected chi connectivity index (χ4v) is 5.03. The van der Waals surface area contributed by atoms with Crippen LogP contribution in [0.25, 0.3) is 22.2 Å².